The van der Waals surface area contributed by atoms with E-state index in [9.17, 15) is 13.2 Å². The number of anilines is 1. The highest BCUT2D eigenvalue weighted by Crippen LogP contribution is 2.23. The minimum absolute atomic E-state index is 0. The minimum Gasteiger partial charge on any atom is -0.321 e. The molecule has 0 bridgehead atoms. The van der Waals surface area contributed by atoms with Crippen LogP contribution in [0.1, 0.15) is 27.3 Å². The summed E-state index contributed by atoms with van der Waals surface area (Å²) >= 11 is 0. The standard InChI is InChI=1S/C16H21N5O3S.ClH/c1-10-4-5-11(8-14(10)25(23,24)21(2)3)18-16(22)15-12-9-17-7-6-13(12)19-20-15;/h4-5,8,17H,6-7,9H2,1-3H3,(H,18,22)(H,19,20);1H. The van der Waals surface area contributed by atoms with Gasteiger partial charge in [-0.15, -0.1) is 12.4 Å². The largest absolute Gasteiger partial charge is 0.321 e. The SMILES string of the molecule is Cc1ccc(NC(=O)c2n[nH]c3c2CNCC3)cc1S(=O)(=O)N(C)C.Cl. The summed E-state index contributed by atoms with van der Waals surface area (Å²) in [4.78, 5) is 12.7. The van der Waals surface area contributed by atoms with Gasteiger partial charge >= 0.3 is 0 Å². The fourth-order valence-corrected chi connectivity index (χ4v) is 3.90. The summed E-state index contributed by atoms with van der Waals surface area (Å²) in [6.45, 7) is 3.15. The lowest BCUT2D eigenvalue weighted by Crippen LogP contribution is -2.25. The molecule has 3 rings (SSSR count). The van der Waals surface area contributed by atoms with Crippen LogP contribution >= 0.6 is 12.4 Å². The zero-order valence-corrected chi connectivity index (χ0v) is 16.4. The smallest absolute Gasteiger partial charge is 0.276 e. The molecule has 142 valence electrons. The van der Waals surface area contributed by atoms with Crippen LogP contribution in [0.25, 0.3) is 0 Å². The number of nitrogens with one attached hydrogen (secondary N) is 3. The van der Waals surface area contributed by atoms with Crippen molar-refractivity contribution >= 4 is 34.0 Å². The quantitative estimate of drug-likeness (QED) is 0.718. The number of H-pyrrole nitrogens is 1. The topological polar surface area (TPSA) is 107 Å². The van der Waals surface area contributed by atoms with Crippen molar-refractivity contribution < 1.29 is 13.2 Å². The molecule has 1 aliphatic heterocycles. The van der Waals surface area contributed by atoms with Gasteiger partial charge in [0.15, 0.2) is 5.69 Å². The van der Waals surface area contributed by atoms with Gasteiger partial charge in [-0.05, 0) is 24.6 Å². The molecule has 0 saturated heterocycles. The molecule has 1 aliphatic rings. The number of sulfonamides is 1. The van der Waals surface area contributed by atoms with E-state index >= 15 is 0 Å². The van der Waals surface area contributed by atoms with Gasteiger partial charge in [0.05, 0.1) is 4.90 Å². The fraction of sp³-hybridized carbons (Fsp3) is 0.375. The molecule has 2 heterocycles. The molecule has 10 heteroatoms. The second kappa shape index (κ2) is 7.75. The zero-order chi connectivity index (χ0) is 18.2. The first-order chi connectivity index (χ1) is 11.8. The molecular weight excluding hydrogens is 378 g/mol. The fourth-order valence-electron chi connectivity index (χ4n) is 2.76. The van der Waals surface area contributed by atoms with Crippen LogP contribution in [0.2, 0.25) is 0 Å². The van der Waals surface area contributed by atoms with Gasteiger partial charge in [0.1, 0.15) is 0 Å². The average Bonchev–Trinajstić information content (AvgIpc) is 3.00. The van der Waals surface area contributed by atoms with Gasteiger partial charge in [0, 0.05) is 50.6 Å². The van der Waals surface area contributed by atoms with Crippen molar-refractivity contribution in [1.82, 2.24) is 19.8 Å². The summed E-state index contributed by atoms with van der Waals surface area (Å²) in [5.41, 5.74) is 3.19. The van der Waals surface area contributed by atoms with Gasteiger partial charge in [-0.1, -0.05) is 6.07 Å². The second-order valence-electron chi connectivity index (χ2n) is 6.18. The Kier molecular flexibility index (Phi) is 6.07. The summed E-state index contributed by atoms with van der Waals surface area (Å²) in [5, 5.41) is 13.0. The number of hydrogen-bond acceptors (Lipinski definition) is 5. The second-order valence-corrected chi connectivity index (χ2v) is 8.30. The number of fused-ring (bicyclic) bond motifs is 1. The first-order valence-corrected chi connectivity index (χ1v) is 9.36. The Labute approximate surface area is 158 Å². The highest BCUT2D eigenvalue weighted by Gasteiger charge is 2.23. The van der Waals surface area contributed by atoms with E-state index in [1.165, 1.54) is 20.2 Å². The first-order valence-electron chi connectivity index (χ1n) is 7.92. The number of aromatic amines is 1. The number of aromatic nitrogens is 2. The van der Waals surface area contributed by atoms with Gasteiger partial charge in [-0.25, -0.2) is 12.7 Å². The third kappa shape index (κ3) is 3.75. The van der Waals surface area contributed by atoms with Crippen molar-refractivity contribution in [1.29, 1.82) is 0 Å². The van der Waals surface area contributed by atoms with Crippen molar-refractivity contribution in [3.63, 3.8) is 0 Å². The number of carbonyl (C=O) groups is 1. The highest BCUT2D eigenvalue weighted by molar-refractivity contribution is 7.89. The molecular formula is C16H22ClN5O3S. The van der Waals surface area contributed by atoms with E-state index in [-0.39, 0.29) is 23.2 Å². The summed E-state index contributed by atoms with van der Waals surface area (Å²) in [6.07, 6.45) is 0.797. The van der Waals surface area contributed by atoms with Crippen molar-refractivity contribution in [2.75, 3.05) is 26.0 Å². The maximum absolute atomic E-state index is 12.5. The van der Waals surface area contributed by atoms with Gasteiger partial charge < -0.3 is 10.6 Å². The summed E-state index contributed by atoms with van der Waals surface area (Å²) in [6, 6.07) is 4.83. The van der Waals surface area contributed by atoms with E-state index in [1.54, 1.807) is 19.1 Å². The Hall–Kier alpha value is -1.94. The van der Waals surface area contributed by atoms with E-state index in [0.29, 0.717) is 23.5 Å². The molecule has 0 atom stereocenters. The third-order valence-corrected chi connectivity index (χ3v) is 6.18. The normalized spacial score (nSPS) is 13.8. The number of nitrogens with zero attached hydrogens (tertiary/aromatic N) is 2. The molecule has 1 aromatic carbocycles. The summed E-state index contributed by atoms with van der Waals surface area (Å²) < 4.78 is 25.9. The number of halogens is 1. The Morgan fingerprint density at radius 3 is 2.73 bits per heavy atom. The van der Waals surface area contributed by atoms with Crippen LogP contribution in [-0.2, 0) is 23.0 Å². The molecule has 2 aromatic rings. The van der Waals surface area contributed by atoms with Crippen LogP contribution < -0.4 is 10.6 Å². The maximum atomic E-state index is 12.5. The van der Waals surface area contributed by atoms with Gasteiger partial charge in [0.2, 0.25) is 10.0 Å². The summed E-state index contributed by atoms with van der Waals surface area (Å²) in [7, 11) is -0.633. The Bertz CT molecular complexity index is 924. The van der Waals surface area contributed by atoms with E-state index in [1.807, 2.05) is 0 Å². The Morgan fingerprint density at radius 1 is 1.31 bits per heavy atom. The van der Waals surface area contributed by atoms with Crippen molar-refractivity contribution in [2.24, 2.45) is 0 Å². The predicted molar refractivity (Wildman–Crippen MR) is 101 cm³/mol. The van der Waals surface area contributed by atoms with Gasteiger partial charge in [0.25, 0.3) is 5.91 Å². The van der Waals surface area contributed by atoms with Gasteiger partial charge in [-0.2, -0.15) is 5.10 Å². The van der Waals surface area contributed by atoms with Crippen LogP contribution in [-0.4, -0.2) is 49.5 Å². The maximum Gasteiger partial charge on any atom is 0.276 e. The molecule has 0 fully saturated rings. The number of amides is 1. The molecule has 0 saturated carbocycles. The third-order valence-electron chi connectivity index (χ3n) is 4.23. The Balaban J connectivity index is 0.00000243. The molecule has 0 radical (unpaired) electrons. The van der Waals surface area contributed by atoms with Crippen LogP contribution in [0, 0.1) is 6.92 Å². The lowest BCUT2D eigenvalue weighted by molar-refractivity contribution is 0.102. The van der Waals surface area contributed by atoms with Crippen LogP contribution in [0.3, 0.4) is 0 Å². The summed E-state index contributed by atoms with van der Waals surface area (Å²) in [5.74, 6) is -0.363. The van der Waals surface area contributed by atoms with Gasteiger partial charge in [-0.3, -0.25) is 9.89 Å². The van der Waals surface area contributed by atoms with Crippen molar-refractivity contribution in [3.8, 4) is 0 Å². The van der Waals surface area contributed by atoms with E-state index in [2.05, 4.69) is 20.8 Å². The van der Waals surface area contributed by atoms with E-state index < -0.39 is 10.0 Å². The molecule has 1 aromatic heterocycles. The molecule has 0 unspecified atom stereocenters. The van der Waals surface area contributed by atoms with Crippen LogP contribution in [0.4, 0.5) is 5.69 Å². The molecule has 26 heavy (non-hydrogen) atoms. The number of benzene rings is 1. The monoisotopic (exact) mass is 399 g/mol. The molecule has 1 amide bonds. The lowest BCUT2D eigenvalue weighted by atomic mass is 10.1. The van der Waals surface area contributed by atoms with Crippen LogP contribution in [0.5, 0.6) is 0 Å². The first kappa shape index (κ1) is 20.4. The van der Waals surface area contributed by atoms with Crippen molar-refractivity contribution in [3.05, 3.63) is 40.7 Å². The van der Waals surface area contributed by atoms with E-state index in [0.717, 1.165) is 28.5 Å². The number of carbonyl (C=O) groups excluding carboxylic acids is 1. The van der Waals surface area contributed by atoms with E-state index in [4.69, 9.17) is 0 Å². The molecule has 0 spiro atoms. The number of hydrogen-bond donors (Lipinski definition) is 3. The lowest BCUT2D eigenvalue weighted by Gasteiger charge is -2.15. The molecule has 3 N–H and O–H groups in total. The molecule has 0 aliphatic carbocycles. The highest BCUT2D eigenvalue weighted by atomic mass is 35.5. The van der Waals surface area contributed by atoms with Crippen molar-refractivity contribution in [2.45, 2.75) is 24.8 Å². The minimum atomic E-state index is -3.58. The number of aryl methyl sites for hydroxylation is 1. The molecule has 8 nitrogen and oxygen atoms in total. The predicted octanol–water partition coefficient (Wildman–Crippen LogP) is 1.29. The Morgan fingerprint density at radius 2 is 2.04 bits per heavy atom. The average molecular weight is 400 g/mol. The van der Waals surface area contributed by atoms with Crippen LogP contribution in [0.15, 0.2) is 23.1 Å². The number of rotatable bonds is 4. The zero-order valence-electron chi connectivity index (χ0n) is 14.8.